The van der Waals surface area contributed by atoms with E-state index >= 15 is 0 Å². The number of nitrogens with two attached hydrogens (primary N) is 1. The van der Waals surface area contributed by atoms with E-state index in [1.165, 1.54) is 6.07 Å². The minimum atomic E-state index is 0.0897. The topological polar surface area (TPSA) is 61.0 Å². The Bertz CT molecular complexity index is 242. The smallest absolute Gasteiger partial charge is 0.196 e. The van der Waals surface area contributed by atoms with E-state index in [-0.39, 0.29) is 16.1 Å². The molecule has 0 radical (unpaired) electrons. The predicted octanol–water partition coefficient (Wildman–Crippen LogP) is 1.04. The van der Waals surface area contributed by atoms with Gasteiger partial charge in [-0.2, -0.15) is 5.90 Å². The van der Waals surface area contributed by atoms with Gasteiger partial charge in [0.1, 0.15) is 0 Å². The van der Waals surface area contributed by atoms with Crippen LogP contribution in [0.3, 0.4) is 0 Å². The number of aromatic nitrogens is 2. The molecule has 2 N–H and O–H groups in total. The molecule has 0 bridgehead atoms. The molecule has 1 aromatic rings. The second-order valence-corrected chi connectivity index (χ2v) is 2.19. The number of rotatable bonds is 1. The Labute approximate surface area is 66.9 Å². The summed E-state index contributed by atoms with van der Waals surface area (Å²) in [7, 11) is 0. The summed E-state index contributed by atoms with van der Waals surface area (Å²) >= 11 is 10.9. The van der Waals surface area contributed by atoms with E-state index in [0.29, 0.717) is 0 Å². The maximum atomic E-state index is 5.46. The van der Waals surface area contributed by atoms with Crippen molar-refractivity contribution >= 4 is 23.2 Å². The molecule has 0 atom stereocenters. The van der Waals surface area contributed by atoms with Crippen LogP contribution in [0, 0.1) is 0 Å². The highest BCUT2D eigenvalue weighted by Gasteiger charge is 2.02. The molecule has 0 aromatic carbocycles. The van der Waals surface area contributed by atoms with E-state index < -0.39 is 0 Å². The predicted molar refractivity (Wildman–Crippen MR) is 36.9 cm³/mol. The molecule has 0 saturated heterocycles. The highest BCUT2D eigenvalue weighted by atomic mass is 35.5. The van der Waals surface area contributed by atoms with Crippen molar-refractivity contribution in [2.24, 2.45) is 5.90 Å². The molecule has 1 heterocycles. The molecule has 6 heteroatoms. The van der Waals surface area contributed by atoms with Crippen molar-refractivity contribution in [2.45, 2.75) is 0 Å². The van der Waals surface area contributed by atoms with E-state index in [0.717, 1.165) is 0 Å². The first-order valence-corrected chi connectivity index (χ1v) is 3.05. The Morgan fingerprint density at radius 2 is 2.10 bits per heavy atom. The normalized spacial score (nSPS) is 9.50. The Balaban J connectivity index is 3.09. The van der Waals surface area contributed by atoms with Crippen LogP contribution in [-0.2, 0) is 0 Å². The lowest BCUT2D eigenvalue weighted by Crippen LogP contribution is -2.03. The molecule has 54 valence electrons. The molecule has 0 amide bonds. The van der Waals surface area contributed by atoms with Crippen molar-refractivity contribution in [3.8, 4) is 5.75 Å². The summed E-state index contributed by atoms with van der Waals surface area (Å²) in [5.74, 6) is 5.02. The van der Waals surface area contributed by atoms with Crippen molar-refractivity contribution in [3.63, 3.8) is 0 Å². The minimum Gasteiger partial charge on any atom is -0.408 e. The Hall–Kier alpha value is -0.580. The van der Waals surface area contributed by atoms with Crippen molar-refractivity contribution in [2.75, 3.05) is 0 Å². The number of halogens is 2. The van der Waals surface area contributed by atoms with Crippen LogP contribution in [0.15, 0.2) is 6.07 Å². The number of nitrogens with zero attached hydrogens (tertiary/aromatic N) is 2. The average Bonchev–Trinajstić information content (AvgIpc) is 1.94. The molecular formula is C4H3Cl2N3O. The average molecular weight is 180 g/mol. The van der Waals surface area contributed by atoms with Crippen LogP contribution in [0.2, 0.25) is 10.3 Å². The molecule has 1 aromatic heterocycles. The fraction of sp³-hybridized carbons (Fsp3) is 0. The number of hydrogen-bond acceptors (Lipinski definition) is 4. The van der Waals surface area contributed by atoms with Crippen molar-refractivity contribution in [3.05, 3.63) is 16.4 Å². The van der Waals surface area contributed by atoms with Gasteiger partial charge in [-0.25, -0.2) is 0 Å². The lowest BCUT2D eigenvalue weighted by atomic mass is 10.5. The zero-order valence-electron chi connectivity index (χ0n) is 4.71. The van der Waals surface area contributed by atoms with Gasteiger partial charge < -0.3 is 4.84 Å². The third kappa shape index (κ3) is 1.47. The summed E-state index contributed by atoms with van der Waals surface area (Å²) in [6, 6.07) is 1.37. The monoisotopic (exact) mass is 179 g/mol. The Morgan fingerprint density at radius 3 is 2.60 bits per heavy atom. The third-order valence-corrected chi connectivity index (χ3v) is 1.26. The Morgan fingerprint density at radius 1 is 1.40 bits per heavy atom. The van der Waals surface area contributed by atoms with Gasteiger partial charge in [0.05, 0.1) is 0 Å². The zero-order chi connectivity index (χ0) is 7.56. The van der Waals surface area contributed by atoms with Gasteiger partial charge in [-0.05, 0) is 0 Å². The second-order valence-electron chi connectivity index (χ2n) is 1.44. The van der Waals surface area contributed by atoms with Crippen LogP contribution in [0.4, 0.5) is 0 Å². The van der Waals surface area contributed by atoms with Crippen LogP contribution in [-0.4, -0.2) is 10.2 Å². The molecular weight excluding hydrogens is 177 g/mol. The molecule has 0 aliphatic carbocycles. The van der Waals surface area contributed by atoms with Crippen LogP contribution >= 0.6 is 23.2 Å². The van der Waals surface area contributed by atoms with E-state index in [1.807, 2.05) is 0 Å². The fourth-order valence-electron chi connectivity index (χ4n) is 0.420. The van der Waals surface area contributed by atoms with Crippen molar-refractivity contribution in [1.29, 1.82) is 0 Å². The summed E-state index contributed by atoms with van der Waals surface area (Å²) in [5, 5.41) is 7.14. The summed E-state index contributed by atoms with van der Waals surface area (Å²) in [6.07, 6.45) is 0. The summed E-state index contributed by atoms with van der Waals surface area (Å²) in [6.45, 7) is 0. The maximum absolute atomic E-state index is 5.46. The number of hydrogen-bond donors (Lipinski definition) is 1. The van der Waals surface area contributed by atoms with Gasteiger partial charge in [-0.3, -0.25) is 0 Å². The maximum Gasteiger partial charge on any atom is 0.196 e. The standard InChI is InChI=1S/C4H3Cl2N3O/c5-3-1-2(10-7)4(6)9-8-3/h1H,7H2. The molecule has 0 aliphatic heterocycles. The third-order valence-electron chi connectivity index (χ3n) is 0.814. The molecule has 1 rings (SSSR count). The molecule has 0 saturated carbocycles. The van der Waals surface area contributed by atoms with Gasteiger partial charge >= 0.3 is 0 Å². The molecule has 0 unspecified atom stereocenters. The zero-order valence-corrected chi connectivity index (χ0v) is 6.23. The Kier molecular flexibility index (Phi) is 2.26. The molecule has 0 spiro atoms. The largest absolute Gasteiger partial charge is 0.408 e. The minimum absolute atomic E-state index is 0.0897. The van der Waals surface area contributed by atoms with Gasteiger partial charge in [-0.1, -0.05) is 23.2 Å². The van der Waals surface area contributed by atoms with Crippen LogP contribution < -0.4 is 10.7 Å². The summed E-state index contributed by atoms with van der Waals surface area (Å²) in [5.41, 5.74) is 0. The lowest BCUT2D eigenvalue weighted by molar-refractivity contribution is 0.332. The lowest BCUT2D eigenvalue weighted by Gasteiger charge is -1.97. The van der Waals surface area contributed by atoms with Crippen LogP contribution in [0.1, 0.15) is 0 Å². The van der Waals surface area contributed by atoms with Gasteiger partial charge in [-0.15, -0.1) is 10.2 Å². The molecule has 0 fully saturated rings. The first kappa shape index (κ1) is 7.53. The van der Waals surface area contributed by atoms with Gasteiger partial charge in [0, 0.05) is 6.07 Å². The van der Waals surface area contributed by atoms with Gasteiger partial charge in [0.2, 0.25) is 0 Å². The first-order valence-electron chi connectivity index (χ1n) is 2.29. The highest BCUT2D eigenvalue weighted by Crippen LogP contribution is 2.21. The van der Waals surface area contributed by atoms with Crippen molar-refractivity contribution < 1.29 is 4.84 Å². The summed E-state index contributed by atoms with van der Waals surface area (Å²) < 4.78 is 0. The summed E-state index contributed by atoms with van der Waals surface area (Å²) in [4.78, 5) is 4.31. The molecule has 0 aliphatic rings. The van der Waals surface area contributed by atoms with E-state index in [4.69, 9.17) is 29.1 Å². The highest BCUT2D eigenvalue weighted by molar-refractivity contribution is 6.32. The van der Waals surface area contributed by atoms with Gasteiger partial charge in [0.25, 0.3) is 0 Å². The quantitative estimate of drug-likeness (QED) is 0.655. The fourth-order valence-corrected chi connectivity index (χ4v) is 0.694. The van der Waals surface area contributed by atoms with E-state index in [2.05, 4.69) is 15.0 Å². The van der Waals surface area contributed by atoms with Crippen molar-refractivity contribution in [1.82, 2.24) is 10.2 Å². The van der Waals surface area contributed by atoms with Gasteiger partial charge in [0.15, 0.2) is 16.1 Å². The van der Waals surface area contributed by atoms with Crippen LogP contribution in [0.5, 0.6) is 5.75 Å². The molecule has 4 nitrogen and oxygen atoms in total. The first-order chi connectivity index (χ1) is 4.74. The van der Waals surface area contributed by atoms with Crippen LogP contribution in [0.25, 0.3) is 0 Å². The molecule has 10 heavy (non-hydrogen) atoms. The van der Waals surface area contributed by atoms with E-state index in [1.54, 1.807) is 0 Å². The second kappa shape index (κ2) is 3.01. The van der Waals surface area contributed by atoms with E-state index in [9.17, 15) is 0 Å². The SMILES string of the molecule is NOc1cc(Cl)nnc1Cl.